The molecule has 4 rings (SSSR count). The van der Waals surface area contributed by atoms with E-state index in [4.69, 9.17) is 14.9 Å². The Balaban J connectivity index is 1.62. The predicted octanol–water partition coefficient (Wildman–Crippen LogP) is 2.58. The van der Waals surface area contributed by atoms with Gasteiger partial charge in [-0.15, -0.1) is 0 Å². The molecule has 0 saturated carbocycles. The van der Waals surface area contributed by atoms with Gasteiger partial charge >= 0.3 is 0 Å². The molecule has 0 amide bonds. The van der Waals surface area contributed by atoms with Crippen molar-refractivity contribution >= 4 is 11.5 Å². The molecule has 2 fully saturated rings. The first-order valence-electron chi connectivity index (χ1n) is 8.60. The molecule has 0 radical (unpaired) electrons. The van der Waals surface area contributed by atoms with Gasteiger partial charge in [-0.3, -0.25) is 5.41 Å². The maximum atomic E-state index is 8.60. The zero-order chi connectivity index (χ0) is 17.4. The zero-order valence-electron chi connectivity index (χ0n) is 14.5. The van der Waals surface area contributed by atoms with E-state index < -0.39 is 0 Å². The topological polar surface area (TPSA) is 71.3 Å². The van der Waals surface area contributed by atoms with Crippen LogP contribution in [-0.4, -0.2) is 48.1 Å². The van der Waals surface area contributed by atoms with Gasteiger partial charge in [-0.05, 0) is 37.5 Å². The smallest absolute Gasteiger partial charge is 0.132 e. The number of ether oxygens (including phenoxy) is 2. The Labute approximate surface area is 147 Å². The highest BCUT2D eigenvalue weighted by molar-refractivity contribution is 6.11. The van der Waals surface area contributed by atoms with Crippen LogP contribution in [0.3, 0.4) is 0 Å². The van der Waals surface area contributed by atoms with E-state index in [-0.39, 0.29) is 0 Å². The van der Waals surface area contributed by atoms with Crippen molar-refractivity contribution in [3.05, 3.63) is 47.4 Å². The first-order valence-corrected chi connectivity index (χ1v) is 8.60. The molecule has 0 spiro atoms. The largest absolute Gasteiger partial charge is 0.497 e. The van der Waals surface area contributed by atoms with Crippen molar-refractivity contribution in [2.45, 2.75) is 32.0 Å². The summed E-state index contributed by atoms with van der Waals surface area (Å²) < 4.78 is 11.2. The van der Waals surface area contributed by atoms with Crippen LogP contribution in [0.1, 0.15) is 29.7 Å². The highest BCUT2D eigenvalue weighted by Gasteiger charge is 2.34. The van der Waals surface area contributed by atoms with E-state index >= 15 is 0 Å². The molecule has 2 unspecified atom stereocenters. The lowest BCUT2D eigenvalue weighted by Gasteiger charge is -2.33. The van der Waals surface area contributed by atoms with Gasteiger partial charge < -0.3 is 14.4 Å². The van der Waals surface area contributed by atoms with E-state index in [0.717, 1.165) is 48.6 Å². The van der Waals surface area contributed by atoms with E-state index in [0.29, 0.717) is 23.6 Å². The summed E-state index contributed by atoms with van der Waals surface area (Å²) in [4.78, 5) is 11.0. The van der Waals surface area contributed by atoms with Gasteiger partial charge in [0.05, 0.1) is 30.7 Å². The molecule has 1 aromatic carbocycles. The molecule has 3 heterocycles. The Morgan fingerprint density at radius 2 is 1.96 bits per heavy atom. The number of morpholine rings is 1. The molecule has 2 aliphatic heterocycles. The minimum absolute atomic E-state index is 0.303. The number of nitrogens with zero attached hydrogens (tertiary/aromatic N) is 3. The van der Waals surface area contributed by atoms with Crippen LogP contribution in [-0.2, 0) is 4.74 Å². The van der Waals surface area contributed by atoms with Gasteiger partial charge in [0.2, 0.25) is 0 Å². The van der Waals surface area contributed by atoms with E-state index in [2.05, 4.69) is 14.9 Å². The number of hydrogen-bond acceptors (Lipinski definition) is 6. The van der Waals surface area contributed by atoms with Crippen LogP contribution in [0.25, 0.3) is 0 Å². The predicted molar refractivity (Wildman–Crippen MR) is 95.8 cm³/mol. The van der Waals surface area contributed by atoms with E-state index in [1.165, 1.54) is 0 Å². The Kier molecular flexibility index (Phi) is 4.13. The number of benzene rings is 1. The summed E-state index contributed by atoms with van der Waals surface area (Å²) in [5.74, 6) is 1.61. The third-order valence-electron chi connectivity index (χ3n) is 4.99. The Morgan fingerprint density at radius 1 is 1.20 bits per heavy atom. The van der Waals surface area contributed by atoms with Crippen molar-refractivity contribution in [3.63, 3.8) is 0 Å². The maximum absolute atomic E-state index is 8.60. The van der Waals surface area contributed by atoms with Gasteiger partial charge in [-0.1, -0.05) is 6.07 Å². The summed E-state index contributed by atoms with van der Waals surface area (Å²) in [5.41, 5.74) is 2.86. The lowest BCUT2D eigenvalue weighted by molar-refractivity contribution is 0.0302. The second-order valence-corrected chi connectivity index (χ2v) is 6.68. The van der Waals surface area contributed by atoms with Gasteiger partial charge in [-0.2, -0.15) is 0 Å². The third-order valence-corrected chi connectivity index (χ3v) is 4.99. The summed E-state index contributed by atoms with van der Waals surface area (Å²) >= 11 is 0. The average molecular weight is 338 g/mol. The summed E-state index contributed by atoms with van der Waals surface area (Å²) in [6.07, 6.45) is 4.40. The fourth-order valence-corrected chi connectivity index (χ4v) is 3.59. The van der Waals surface area contributed by atoms with Gasteiger partial charge in [0.15, 0.2) is 0 Å². The fraction of sp³-hybridized carbons (Fsp3) is 0.421. The van der Waals surface area contributed by atoms with Crippen LogP contribution in [0, 0.1) is 12.3 Å². The third kappa shape index (κ3) is 3.09. The molecule has 2 aliphatic rings. The first kappa shape index (κ1) is 16.0. The first-order chi connectivity index (χ1) is 12.1. The molecule has 6 nitrogen and oxygen atoms in total. The number of hydrogen-bond donors (Lipinski definition) is 1. The molecule has 1 N–H and O–H groups in total. The van der Waals surface area contributed by atoms with Crippen molar-refractivity contribution in [1.82, 2.24) is 9.97 Å². The molecule has 130 valence electrons. The Hall–Kier alpha value is -2.47. The summed E-state index contributed by atoms with van der Waals surface area (Å²) in [6.45, 7) is 3.71. The van der Waals surface area contributed by atoms with Gasteiger partial charge in [-0.25, -0.2) is 9.97 Å². The quantitative estimate of drug-likeness (QED) is 0.868. The van der Waals surface area contributed by atoms with E-state index in [9.17, 15) is 0 Å². The van der Waals surface area contributed by atoms with Crippen molar-refractivity contribution in [1.29, 1.82) is 5.41 Å². The van der Waals surface area contributed by atoms with Crippen molar-refractivity contribution in [3.8, 4) is 5.75 Å². The number of anilines is 1. The summed E-state index contributed by atoms with van der Waals surface area (Å²) in [7, 11) is 1.63. The van der Waals surface area contributed by atoms with Gasteiger partial charge in [0.25, 0.3) is 0 Å². The van der Waals surface area contributed by atoms with Crippen molar-refractivity contribution < 1.29 is 9.47 Å². The lowest BCUT2D eigenvalue weighted by atomic mass is 10.0. The molecule has 2 aromatic rings. The standard InChI is InChI=1S/C19H22N4O2/c1-12-3-4-13(24-2)7-16(12)19(20)17-8-18(22-11-21-17)23-9-14-5-6-15(10-23)25-14/h3-4,7-8,11,14-15,20H,5-6,9-10H2,1-2H3. The molecular weight excluding hydrogens is 316 g/mol. The van der Waals surface area contributed by atoms with Crippen LogP contribution in [0.4, 0.5) is 5.82 Å². The van der Waals surface area contributed by atoms with E-state index in [1.54, 1.807) is 13.4 Å². The minimum Gasteiger partial charge on any atom is -0.497 e. The summed E-state index contributed by atoms with van der Waals surface area (Å²) in [6, 6.07) is 7.66. The molecule has 2 atom stereocenters. The highest BCUT2D eigenvalue weighted by atomic mass is 16.5. The SMILES string of the molecule is COc1ccc(C)c(C(=N)c2cc(N3CC4CCC(C3)O4)ncn2)c1. The normalized spacial score (nSPS) is 22.1. The van der Waals surface area contributed by atoms with E-state index in [1.807, 2.05) is 31.2 Å². The van der Waals surface area contributed by atoms with Crippen molar-refractivity contribution in [2.75, 3.05) is 25.1 Å². The number of rotatable bonds is 4. The van der Waals surface area contributed by atoms with Crippen molar-refractivity contribution in [2.24, 2.45) is 0 Å². The monoisotopic (exact) mass is 338 g/mol. The second-order valence-electron chi connectivity index (χ2n) is 6.68. The van der Waals surface area contributed by atoms with Crippen LogP contribution in [0.5, 0.6) is 5.75 Å². The number of aryl methyl sites for hydroxylation is 1. The Morgan fingerprint density at radius 3 is 2.68 bits per heavy atom. The molecule has 1 aromatic heterocycles. The Bertz CT molecular complexity index is 796. The van der Waals surface area contributed by atoms with Gasteiger partial charge in [0.1, 0.15) is 17.9 Å². The summed E-state index contributed by atoms with van der Waals surface area (Å²) in [5, 5.41) is 8.60. The minimum atomic E-state index is 0.303. The fourth-order valence-electron chi connectivity index (χ4n) is 3.59. The van der Waals surface area contributed by atoms with Crippen LogP contribution in [0.15, 0.2) is 30.6 Å². The van der Waals surface area contributed by atoms with Crippen LogP contribution in [0.2, 0.25) is 0 Å². The molecule has 25 heavy (non-hydrogen) atoms. The zero-order valence-corrected chi connectivity index (χ0v) is 14.5. The molecule has 0 aliphatic carbocycles. The van der Waals surface area contributed by atoms with Crippen LogP contribution >= 0.6 is 0 Å². The lowest BCUT2D eigenvalue weighted by Crippen LogP contribution is -2.43. The van der Waals surface area contributed by atoms with Crippen LogP contribution < -0.4 is 9.64 Å². The number of nitrogens with one attached hydrogen (secondary N) is 1. The number of fused-ring (bicyclic) bond motifs is 2. The number of methoxy groups -OCH3 is 1. The second kappa shape index (κ2) is 6.44. The number of aromatic nitrogens is 2. The molecule has 2 saturated heterocycles. The maximum Gasteiger partial charge on any atom is 0.132 e. The molecular formula is C19H22N4O2. The average Bonchev–Trinajstić information content (AvgIpc) is 2.99. The van der Waals surface area contributed by atoms with Gasteiger partial charge in [0, 0.05) is 24.7 Å². The molecule has 6 heteroatoms. The molecule has 2 bridgehead atoms. The highest BCUT2D eigenvalue weighted by Crippen LogP contribution is 2.29.